The molecule has 0 saturated carbocycles. The van der Waals surface area contributed by atoms with E-state index >= 15 is 0 Å². The molecule has 2 aliphatic rings. The van der Waals surface area contributed by atoms with Crippen molar-refractivity contribution in [1.29, 1.82) is 0 Å². The van der Waals surface area contributed by atoms with Crippen LogP contribution in [0.4, 0.5) is 4.39 Å². The van der Waals surface area contributed by atoms with E-state index in [4.69, 9.17) is 4.74 Å². The van der Waals surface area contributed by atoms with E-state index in [0.717, 1.165) is 16.0 Å². The number of hydrogen-bond donors (Lipinski definition) is 1. The van der Waals surface area contributed by atoms with E-state index in [1.54, 1.807) is 17.0 Å². The van der Waals surface area contributed by atoms with Crippen molar-refractivity contribution in [3.8, 4) is 11.1 Å². The highest BCUT2D eigenvalue weighted by Gasteiger charge is 2.55. The van der Waals surface area contributed by atoms with Gasteiger partial charge in [-0.25, -0.2) is 4.39 Å². The lowest BCUT2D eigenvalue weighted by Gasteiger charge is -2.33. The van der Waals surface area contributed by atoms with Crippen molar-refractivity contribution >= 4 is 23.2 Å². The van der Waals surface area contributed by atoms with Crippen molar-refractivity contribution < 1.29 is 23.8 Å². The van der Waals surface area contributed by atoms with Gasteiger partial charge in [-0.3, -0.25) is 9.59 Å². The summed E-state index contributed by atoms with van der Waals surface area (Å²) in [6.45, 7) is 3.33. The minimum Gasteiger partial charge on any atom is -0.481 e. The Bertz CT molecular complexity index is 894. The minimum absolute atomic E-state index is 0.147. The van der Waals surface area contributed by atoms with Crippen LogP contribution in [0.1, 0.15) is 21.0 Å². The third kappa shape index (κ3) is 3.04. The maximum atomic E-state index is 13.2. The fourth-order valence-electron chi connectivity index (χ4n) is 4.11. The summed E-state index contributed by atoms with van der Waals surface area (Å²) in [5, 5.41) is 9.77. The van der Waals surface area contributed by atoms with E-state index in [0.29, 0.717) is 31.1 Å². The summed E-state index contributed by atoms with van der Waals surface area (Å²) in [6, 6.07) is 8.01. The van der Waals surface area contributed by atoms with Gasteiger partial charge in [0.15, 0.2) is 0 Å². The zero-order valence-corrected chi connectivity index (χ0v) is 15.7. The van der Waals surface area contributed by atoms with Crippen molar-refractivity contribution in [1.82, 2.24) is 4.90 Å². The van der Waals surface area contributed by atoms with Gasteiger partial charge in [-0.15, -0.1) is 11.3 Å². The number of aliphatic carboxylic acids is 1. The van der Waals surface area contributed by atoms with Crippen molar-refractivity contribution in [2.75, 3.05) is 26.3 Å². The van der Waals surface area contributed by atoms with Gasteiger partial charge < -0.3 is 14.7 Å². The van der Waals surface area contributed by atoms with E-state index in [1.165, 1.54) is 23.5 Å². The van der Waals surface area contributed by atoms with Crippen LogP contribution in [0.25, 0.3) is 11.1 Å². The normalized spacial score (nSPS) is 24.7. The largest absolute Gasteiger partial charge is 0.481 e. The summed E-state index contributed by atoms with van der Waals surface area (Å²) in [6.07, 6.45) is 0.432. The van der Waals surface area contributed by atoms with Crippen LogP contribution < -0.4 is 0 Å². The molecule has 2 aliphatic heterocycles. The monoisotopic (exact) mass is 389 g/mol. The number of carbonyl (C=O) groups is 2. The van der Waals surface area contributed by atoms with Gasteiger partial charge in [0.05, 0.1) is 16.9 Å². The number of hydrogen-bond acceptors (Lipinski definition) is 4. The molecule has 7 heteroatoms. The molecule has 27 heavy (non-hydrogen) atoms. The molecule has 0 unspecified atom stereocenters. The molecule has 3 heterocycles. The molecule has 1 aromatic carbocycles. The molecule has 1 amide bonds. The third-order valence-electron chi connectivity index (χ3n) is 5.70. The fraction of sp³-hybridized carbons (Fsp3) is 0.400. The van der Waals surface area contributed by atoms with Crippen LogP contribution in [0.2, 0.25) is 0 Å². The fourth-order valence-corrected chi connectivity index (χ4v) is 5.12. The van der Waals surface area contributed by atoms with Crippen molar-refractivity contribution in [2.45, 2.75) is 13.3 Å². The van der Waals surface area contributed by atoms with E-state index in [2.05, 4.69) is 0 Å². The molecule has 1 N–H and O–H groups in total. The number of halogens is 1. The molecule has 0 bridgehead atoms. The van der Waals surface area contributed by atoms with Crippen molar-refractivity contribution in [3.63, 3.8) is 0 Å². The minimum atomic E-state index is -0.903. The first-order valence-corrected chi connectivity index (χ1v) is 9.69. The standard InChI is InChI=1S/C20H20FNO4S/c1-12-16(13-2-4-15(21)5-3-13)8-17(27-12)18(23)22-9-14-10-26-7-6-20(14,11-22)19(24)25/h2-5,8,14H,6-7,9-11H2,1H3,(H,24,25)/t14-,20+/m0/s1. The molecule has 1 aromatic heterocycles. The van der Waals surface area contributed by atoms with E-state index in [9.17, 15) is 19.1 Å². The van der Waals surface area contributed by atoms with Crippen LogP contribution in [0.3, 0.4) is 0 Å². The predicted octanol–water partition coefficient (Wildman–Crippen LogP) is 3.43. The Hall–Kier alpha value is -2.25. The van der Waals surface area contributed by atoms with Crippen LogP contribution in [0.15, 0.2) is 30.3 Å². The molecule has 142 valence electrons. The highest BCUT2D eigenvalue weighted by molar-refractivity contribution is 7.14. The lowest BCUT2D eigenvalue weighted by Crippen LogP contribution is -2.45. The summed E-state index contributed by atoms with van der Waals surface area (Å²) >= 11 is 1.39. The molecular formula is C20H20FNO4S. The zero-order valence-electron chi connectivity index (χ0n) is 14.9. The first-order chi connectivity index (χ1) is 12.9. The number of likely N-dealkylation sites (tertiary alicyclic amines) is 1. The Kier molecular flexibility index (Phi) is 4.52. The maximum absolute atomic E-state index is 13.2. The molecule has 0 radical (unpaired) electrons. The SMILES string of the molecule is Cc1sc(C(=O)N2C[C@H]3COCC[C@@]3(C(=O)O)C2)cc1-c1ccc(F)cc1. The number of rotatable bonds is 3. The number of benzene rings is 1. The number of carbonyl (C=O) groups excluding carboxylic acids is 1. The number of carboxylic acids is 1. The number of aryl methyl sites for hydroxylation is 1. The van der Waals surface area contributed by atoms with Crippen molar-refractivity contribution in [2.24, 2.45) is 11.3 Å². The summed E-state index contributed by atoms with van der Waals surface area (Å²) in [4.78, 5) is 28.2. The van der Waals surface area contributed by atoms with Crippen LogP contribution in [0.5, 0.6) is 0 Å². The van der Waals surface area contributed by atoms with Gasteiger partial charge in [-0.2, -0.15) is 0 Å². The van der Waals surface area contributed by atoms with Gasteiger partial charge in [-0.1, -0.05) is 12.1 Å². The second-order valence-electron chi connectivity index (χ2n) is 7.26. The molecule has 4 rings (SSSR count). The summed E-state index contributed by atoms with van der Waals surface area (Å²) in [7, 11) is 0. The van der Waals surface area contributed by atoms with E-state index in [-0.39, 0.29) is 24.2 Å². The number of thiophene rings is 1. The van der Waals surface area contributed by atoms with Crippen LogP contribution >= 0.6 is 11.3 Å². The number of ether oxygens (including phenoxy) is 1. The number of amides is 1. The summed E-state index contributed by atoms with van der Waals surface area (Å²) in [5.41, 5.74) is 0.853. The third-order valence-corrected chi connectivity index (χ3v) is 6.74. The average molecular weight is 389 g/mol. The Labute approximate surface area is 160 Å². The van der Waals surface area contributed by atoms with E-state index in [1.807, 2.05) is 13.0 Å². The summed E-state index contributed by atoms with van der Waals surface area (Å²) < 4.78 is 18.6. The lowest BCUT2D eigenvalue weighted by atomic mass is 9.74. The Morgan fingerprint density at radius 2 is 2.07 bits per heavy atom. The highest BCUT2D eigenvalue weighted by Crippen LogP contribution is 2.43. The topological polar surface area (TPSA) is 66.8 Å². The Morgan fingerprint density at radius 1 is 1.33 bits per heavy atom. The quantitative estimate of drug-likeness (QED) is 0.874. The van der Waals surface area contributed by atoms with Gasteiger partial charge in [0.25, 0.3) is 5.91 Å². The first kappa shape index (κ1) is 18.1. The molecule has 2 fully saturated rings. The molecule has 2 atom stereocenters. The number of carboxylic acid groups (broad SMARTS) is 1. The second kappa shape index (κ2) is 6.73. The van der Waals surface area contributed by atoms with Gasteiger partial charge in [-0.05, 0) is 42.7 Å². The Morgan fingerprint density at radius 3 is 2.74 bits per heavy atom. The van der Waals surface area contributed by atoms with Crippen LogP contribution in [-0.2, 0) is 9.53 Å². The molecule has 2 saturated heterocycles. The molecule has 0 aliphatic carbocycles. The zero-order chi connectivity index (χ0) is 19.2. The Balaban J connectivity index is 1.60. The first-order valence-electron chi connectivity index (χ1n) is 8.87. The molecule has 5 nitrogen and oxygen atoms in total. The number of fused-ring (bicyclic) bond motifs is 1. The van der Waals surface area contributed by atoms with Gasteiger partial charge in [0.1, 0.15) is 5.82 Å². The highest BCUT2D eigenvalue weighted by atomic mass is 32.1. The smallest absolute Gasteiger partial charge is 0.311 e. The molecule has 0 spiro atoms. The lowest BCUT2D eigenvalue weighted by molar-refractivity contribution is -0.157. The van der Waals surface area contributed by atoms with Crippen molar-refractivity contribution in [3.05, 3.63) is 45.9 Å². The van der Waals surface area contributed by atoms with Crippen LogP contribution in [0, 0.1) is 24.1 Å². The molecule has 2 aromatic rings. The second-order valence-corrected chi connectivity index (χ2v) is 8.51. The maximum Gasteiger partial charge on any atom is 0.311 e. The predicted molar refractivity (Wildman–Crippen MR) is 99.3 cm³/mol. The van der Waals surface area contributed by atoms with Crippen LogP contribution in [-0.4, -0.2) is 48.2 Å². The average Bonchev–Trinajstić information content (AvgIpc) is 3.23. The van der Waals surface area contributed by atoms with Gasteiger partial charge >= 0.3 is 5.97 Å². The van der Waals surface area contributed by atoms with E-state index < -0.39 is 11.4 Å². The van der Waals surface area contributed by atoms with Gasteiger partial charge in [0, 0.05) is 30.5 Å². The summed E-state index contributed by atoms with van der Waals surface area (Å²) in [5.74, 6) is -1.47. The van der Waals surface area contributed by atoms with Gasteiger partial charge in [0.2, 0.25) is 0 Å². The number of nitrogens with zero attached hydrogens (tertiary/aromatic N) is 1. The molecular weight excluding hydrogens is 369 g/mol.